The minimum absolute atomic E-state index is 0.0342. The summed E-state index contributed by atoms with van der Waals surface area (Å²) in [6.07, 6.45) is -5.34. The van der Waals surface area contributed by atoms with Gasteiger partial charge in [0.05, 0.1) is 18.2 Å². The summed E-state index contributed by atoms with van der Waals surface area (Å²) >= 11 is 0. The molecule has 1 heterocycles. The van der Waals surface area contributed by atoms with Crippen molar-refractivity contribution in [3.8, 4) is 0 Å². The Morgan fingerprint density at radius 3 is 2.44 bits per heavy atom. The van der Waals surface area contributed by atoms with E-state index in [1.807, 2.05) is 12.1 Å². The van der Waals surface area contributed by atoms with Gasteiger partial charge in [0.25, 0.3) is 0 Å². The smallest absolute Gasteiger partial charge is 0.387 e. The molecule has 0 saturated carbocycles. The van der Waals surface area contributed by atoms with Gasteiger partial charge in [0.1, 0.15) is 6.04 Å². The number of nitrogens with zero attached hydrogens (tertiary/aromatic N) is 1. The summed E-state index contributed by atoms with van der Waals surface area (Å²) in [7, 11) is 0. The van der Waals surface area contributed by atoms with Crippen molar-refractivity contribution in [1.82, 2.24) is 10.2 Å². The Bertz CT molecular complexity index is 1220. The van der Waals surface area contributed by atoms with E-state index in [9.17, 15) is 27.9 Å². The van der Waals surface area contributed by atoms with Gasteiger partial charge in [0.15, 0.2) is 0 Å². The molecule has 2 unspecified atom stereocenters. The van der Waals surface area contributed by atoms with Gasteiger partial charge in [-0.1, -0.05) is 66.7 Å². The van der Waals surface area contributed by atoms with E-state index in [1.165, 1.54) is 23.1 Å². The molecule has 9 heteroatoms. The van der Waals surface area contributed by atoms with Crippen molar-refractivity contribution in [2.45, 2.75) is 37.7 Å². The third kappa shape index (κ3) is 6.04. The van der Waals surface area contributed by atoms with Crippen molar-refractivity contribution in [2.24, 2.45) is 0 Å². The van der Waals surface area contributed by atoms with Crippen LogP contribution in [0.2, 0.25) is 0 Å². The highest BCUT2D eigenvalue weighted by Crippen LogP contribution is 2.35. The van der Waals surface area contributed by atoms with Crippen LogP contribution in [0.25, 0.3) is 0 Å². The van der Waals surface area contributed by atoms with Gasteiger partial charge in [-0.25, -0.2) is 4.79 Å². The first-order valence-corrected chi connectivity index (χ1v) is 11.5. The molecule has 36 heavy (non-hydrogen) atoms. The van der Waals surface area contributed by atoms with E-state index in [0.29, 0.717) is 18.5 Å². The monoisotopic (exact) mass is 497 g/mol. The van der Waals surface area contributed by atoms with Crippen molar-refractivity contribution in [2.75, 3.05) is 11.9 Å². The largest absolute Gasteiger partial charge is 0.416 e. The SMILES string of the molecule is O=C1Nc2ccccc2CCC1NC(=O)N(Cc1ccccc1)CC(O)c1ccccc1C(F)(F)F. The van der Waals surface area contributed by atoms with Crippen molar-refractivity contribution in [1.29, 1.82) is 0 Å². The second-order valence-corrected chi connectivity index (χ2v) is 8.65. The zero-order valence-corrected chi connectivity index (χ0v) is 19.3. The number of benzene rings is 3. The average molecular weight is 498 g/mol. The van der Waals surface area contributed by atoms with E-state index in [2.05, 4.69) is 10.6 Å². The standard InChI is InChI=1S/C27H26F3N3O3/c28-27(29,30)21-12-6-5-11-20(21)24(34)17-33(16-18-8-2-1-3-9-18)26(36)32-23-15-14-19-10-4-7-13-22(19)31-25(23)35/h1-13,23-24,34H,14-17H2,(H,31,35)(H,32,36). The van der Waals surface area contributed by atoms with E-state index in [0.717, 1.165) is 17.2 Å². The predicted octanol–water partition coefficient (Wildman–Crippen LogP) is 4.90. The molecule has 0 fully saturated rings. The first-order valence-electron chi connectivity index (χ1n) is 11.5. The summed E-state index contributed by atoms with van der Waals surface area (Å²) in [5.74, 6) is -0.379. The quantitative estimate of drug-likeness (QED) is 0.453. The minimum atomic E-state index is -4.66. The van der Waals surface area contributed by atoms with Crippen molar-refractivity contribution in [3.63, 3.8) is 0 Å². The van der Waals surface area contributed by atoms with Crippen LogP contribution >= 0.6 is 0 Å². The highest BCUT2D eigenvalue weighted by atomic mass is 19.4. The number of alkyl halides is 3. The Morgan fingerprint density at radius 2 is 1.69 bits per heavy atom. The fourth-order valence-corrected chi connectivity index (χ4v) is 4.26. The molecule has 0 spiro atoms. The van der Waals surface area contributed by atoms with Crippen LogP contribution in [0.1, 0.15) is 34.8 Å². The molecule has 3 aromatic rings. The lowest BCUT2D eigenvalue weighted by molar-refractivity contribution is -0.139. The van der Waals surface area contributed by atoms with Gasteiger partial charge in [0.2, 0.25) is 5.91 Å². The molecule has 0 bridgehead atoms. The number of hydrogen-bond acceptors (Lipinski definition) is 3. The number of hydrogen-bond donors (Lipinski definition) is 3. The third-order valence-corrected chi connectivity index (χ3v) is 6.11. The predicted molar refractivity (Wildman–Crippen MR) is 129 cm³/mol. The van der Waals surface area contributed by atoms with Crippen LogP contribution in [0.4, 0.5) is 23.7 Å². The van der Waals surface area contributed by atoms with Gasteiger partial charge < -0.3 is 20.6 Å². The molecule has 2 atom stereocenters. The van der Waals surface area contributed by atoms with Gasteiger partial charge in [-0.15, -0.1) is 0 Å². The number of aliphatic hydroxyl groups excluding tert-OH is 1. The first kappa shape index (κ1) is 25.2. The number of amides is 3. The Morgan fingerprint density at radius 1 is 1.03 bits per heavy atom. The van der Waals surface area contributed by atoms with Crippen molar-refractivity contribution in [3.05, 3.63) is 101 Å². The van der Waals surface area contributed by atoms with Gasteiger partial charge >= 0.3 is 12.2 Å². The number of halogens is 3. The molecule has 0 radical (unpaired) electrons. The van der Waals surface area contributed by atoms with E-state index in [1.54, 1.807) is 42.5 Å². The van der Waals surface area contributed by atoms with Crippen molar-refractivity contribution < 1.29 is 27.9 Å². The molecule has 1 aliphatic rings. The molecule has 188 valence electrons. The van der Waals surface area contributed by atoms with Crippen LogP contribution in [0.15, 0.2) is 78.9 Å². The van der Waals surface area contributed by atoms with Crippen LogP contribution in [-0.2, 0) is 23.9 Å². The molecule has 4 rings (SSSR count). The highest BCUT2D eigenvalue weighted by molar-refractivity contribution is 5.98. The molecule has 3 N–H and O–H groups in total. The molecule has 0 aromatic heterocycles. The number of carbonyl (C=O) groups is 2. The molecule has 1 aliphatic heterocycles. The number of carbonyl (C=O) groups excluding carboxylic acids is 2. The molecule has 3 aromatic carbocycles. The maximum atomic E-state index is 13.5. The van der Waals surface area contributed by atoms with E-state index in [-0.39, 0.29) is 18.0 Å². The molecular weight excluding hydrogens is 471 g/mol. The summed E-state index contributed by atoms with van der Waals surface area (Å²) in [6, 6.07) is 19.5. The summed E-state index contributed by atoms with van der Waals surface area (Å²) < 4.78 is 40.5. The molecule has 6 nitrogen and oxygen atoms in total. The van der Waals surface area contributed by atoms with Crippen molar-refractivity contribution >= 4 is 17.6 Å². The van der Waals surface area contributed by atoms with Crippen LogP contribution in [-0.4, -0.2) is 34.5 Å². The van der Waals surface area contributed by atoms with Gasteiger partial charge in [-0.05, 0) is 41.7 Å². The topological polar surface area (TPSA) is 81.7 Å². The number of aryl methyl sites for hydroxylation is 1. The van der Waals surface area contributed by atoms with E-state index >= 15 is 0 Å². The van der Waals surface area contributed by atoms with Gasteiger partial charge in [-0.3, -0.25) is 4.79 Å². The number of urea groups is 1. The van der Waals surface area contributed by atoms with E-state index in [4.69, 9.17) is 0 Å². The van der Waals surface area contributed by atoms with Crippen LogP contribution in [0.3, 0.4) is 0 Å². The number of fused-ring (bicyclic) bond motifs is 1. The van der Waals surface area contributed by atoms with Gasteiger partial charge in [0, 0.05) is 12.2 Å². The Hall–Kier alpha value is -3.85. The third-order valence-electron chi connectivity index (χ3n) is 6.11. The lowest BCUT2D eigenvalue weighted by Gasteiger charge is -2.28. The number of nitrogens with one attached hydrogen (secondary N) is 2. The normalized spacial score (nSPS) is 16.3. The van der Waals surface area contributed by atoms with Crippen LogP contribution in [0.5, 0.6) is 0 Å². The summed E-state index contributed by atoms with van der Waals surface area (Å²) in [5.41, 5.74) is 1.07. The minimum Gasteiger partial charge on any atom is -0.387 e. The number of aliphatic hydroxyl groups is 1. The number of anilines is 1. The zero-order valence-electron chi connectivity index (χ0n) is 19.3. The fraction of sp³-hybridized carbons (Fsp3) is 0.259. The summed E-state index contributed by atoms with van der Waals surface area (Å²) in [4.78, 5) is 27.3. The maximum absolute atomic E-state index is 13.5. The summed E-state index contributed by atoms with van der Waals surface area (Å²) in [5, 5.41) is 16.3. The Balaban J connectivity index is 1.54. The number of para-hydroxylation sites is 1. The Labute approximate surface area is 206 Å². The summed E-state index contributed by atoms with van der Waals surface area (Å²) in [6.45, 7) is -0.366. The van der Waals surface area contributed by atoms with Gasteiger partial charge in [-0.2, -0.15) is 13.2 Å². The molecule has 3 amide bonds. The zero-order chi connectivity index (χ0) is 25.7. The lowest BCUT2D eigenvalue weighted by Crippen LogP contribution is -2.50. The first-order chi connectivity index (χ1) is 17.2. The second-order valence-electron chi connectivity index (χ2n) is 8.65. The number of rotatable bonds is 6. The second kappa shape index (κ2) is 10.8. The molecule has 0 saturated heterocycles. The fourth-order valence-electron chi connectivity index (χ4n) is 4.26. The average Bonchev–Trinajstić information content (AvgIpc) is 3.02. The lowest BCUT2D eigenvalue weighted by atomic mass is 10.0. The van der Waals surface area contributed by atoms with E-state index < -0.39 is 36.5 Å². The molecule has 0 aliphatic carbocycles. The van der Waals surface area contributed by atoms with Crippen LogP contribution in [0, 0.1) is 0 Å². The Kier molecular flexibility index (Phi) is 7.59. The highest BCUT2D eigenvalue weighted by Gasteiger charge is 2.35. The van der Waals surface area contributed by atoms with Crippen LogP contribution < -0.4 is 10.6 Å². The maximum Gasteiger partial charge on any atom is 0.416 e. The molecular formula is C27H26F3N3O3.